The molecule has 2 nitrogen and oxygen atoms in total. The topological polar surface area (TPSA) is 34.1 Å². The van der Waals surface area contributed by atoms with Gasteiger partial charge in [0.1, 0.15) is 0 Å². The monoisotopic (exact) mass is 302 g/mol. The summed E-state index contributed by atoms with van der Waals surface area (Å²) in [6.45, 7) is 0. The zero-order chi connectivity index (χ0) is 14.2. The highest BCUT2D eigenvalue weighted by Gasteiger charge is 2.10. The Balaban J connectivity index is 2.27. The standard InChI is InChI=1S/C16H14O2S2/c1-20(17,18)19-11-16-14-8-4-2-6-12(14)10-13-7-3-5-9-15(13)16/h2-10H,11H2,1H3. The Labute approximate surface area is 122 Å². The third-order valence-corrected chi connectivity index (χ3v) is 5.77. The molecule has 0 bridgehead atoms. The van der Waals surface area contributed by atoms with Crippen LogP contribution in [0.15, 0.2) is 54.6 Å². The predicted molar refractivity (Wildman–Crippen MR) is 87.6 cm³/mol. The van der Waals surface area contributed by atoms with Crippen molar-refractivity contribution in [2.45, 2.75) is 5.75 Å². The Morgan fingerprint density at radius 3 is 1.90 bits per heavy atom. The Kier molecular flexibility index (Phi) is 3.44. The van der Waals surface area contributed by atoms with Gasteiger partial charge >= 0.3 is 0 Å². The van der Waals surface area contributed by atoms with Crippen LogP contribution >= 0.6 is 10.8 Å². The van der Waals surface area contributed by atoms with E-state index >= 15 is 0 Å². The fourth-order valence-corrected chi connectivity index (χ4v) is 4.07. The first-order valence-corrected chi connectivity index (χ1v) is 9.68. The van der Waals surface area contributed by atoms with Gasteiger partial charge < -0.3 is 0 Å². The second kappa shape index (κ2) is 5.11. The van der Waals surface area contributed by atoms with E-state index < -0.39 is 8.87 Å². The van der Waals surface area contributed by atoms with E-state index in [1.807, 2.05) is 24.3 Å². The number of benzene rings is 3. The summed E-state index contributed by atoms with van der Waals surface area (Å²) >= 11 is 0. The molecule has 3 aromatic rings. The molecule has 0 unspecified atom stereocenters. The fourth-order valence-electron chi connectivity index (χ4n) is 2.43. The molecule has 0 saturated carbocycles. The second-order valence-electron chi connectivity index (χ2n) is 4.76. The van der Waals surface area contributed by atoms with Crippen molar-refractivity contribution in [2.24, 2.45) is 0 Å². The Morgan fingerprint density at radius 1 is 0.900 bits per heavy atom. The maximum atomic E-state index is 11.4. The minimum absolute atomic E-state index is 0.473. The van der Waals surface area contributed by atoms with Crippen LogP contribution in [0.2, 0.25) is 0 Å². The van der Waals surface area contributed by atoms with Crippen LogP contribution in [0, 0.1) is 0 Å². The fraction of sp³-hybridized carbons (Fsp3) is 0.125. The van der Waals surface area contributed by atoms with Gasteiger partial charge in [0.25, 0.3) is 0 Å². The molecular formula is C16H14O2S2. The molecule has 3 aromatic carbocycles. The van der Waals surface area contributed by atoms with Crippen LogP contribution in [-0.2, 0) is 14.6 Å². The molecule has 0 spiro atoms. The lowest BCUT2D eigenvalue weighted by Crippen LogP contribution is -1.93. The van der Waals surface area contributed by atoms with Crippen LogP contribution in [0.1, 0.15) is 5.56 Å². The van der Waals surface area contributed by atoms with Crippen molar-refractivity contribution >= 4 is 41.2 Å². The molecule has 0 fully saturated rings. The third kappa shape index (κ3) is 2.67. The summed E-state index contributed by atoms with van der Waals surface area (Å²) < 4.78 is 22.9. The minimum Gasteiger partial charge on any atom is -0.218 e. The third-order valence-electron chi connectivity index (χ3n) is 3.30. The first kappa shape index (κ1) is 13.5. The minimum atomic E-state index is -3.04. The van der Waals surface area contributed by atoms with Gasteiger partial charge in [-0.3, -0.25) is 0 Å². The Morgan fingerprint density at radius 2 is 1.40 bits per heavy atom. The van der Waals surface area contributed by atoms with E-state index in [-0.39, 0.29) is 0 Å². The number of hydrogen-bond acceptors (Lipinski definition) is 3. The summed E-state index contributed by atoms with van der Waals surface area (Å²) in [5.74, 6) is 0.473. The molecule has 0 N–H and O–H groups in total. The van der Waals surface area contributed by atoms with Crippen LogP contribution in [0.5, 0.6) is 0 Å². The van der Waals surface area contributed by atoms with Crippen LogP contribution in [-0.4, -0.2) is 14.7 Å². The molecule has 0 radical (unpaired) electrons. The smallest absolute Gasteiger partial charge is 0.199 e. The zero-order valence-corrected chi connectivity index (χ0v) is 12.7. The largest absolute Gasteiger partial charge is 0.218 e. The lowest BCUT2D eigenvalue weighted by Gasteiger charge is -2.10. The first-order valence-electron chi connectivity index (χ1n) is 6.28. The zero-order valence-electron chi connectivity index (χ0n) is 11.0. The van der Waals surface area contributed by atoms with Crippen LogP contribution in [0.4, 0.5) is 0 Å². The first-order chi connectivity index (χ1) is 9.54. The normalized spacial score (nSPS) is 12.1. The second-order valence-corrected chi connectivity index (χ2v) is 9.22. The molecule has 0 atom stereocenters. The summed E-state index contributed by atoms with van der Waals surface area (Å²) in [5, 5.41) is 4.55. The van der Waals surface area contributed by atoms with Crippen molar-refractivity contribution in [1.29, 1.82) is 0 Å². The predicted octanol–water partition coefficient (Wildman–Crippen LogP) is 4.19. The number of hydrogen-bond donors (Lipinski definition) is 0. The molecule has 0 aliphatic rings. The summed E-state index contributed by atoms with van der Waals surface area (Å²) in [4.78, 5) is 0. The maximum Gasteiger partial charge on any atom is 0.199 e. The van der Waals surface area contributed by atoms with E-state index in [1.54, 1.807) is 0 Å². The molecule has 0 saturated heterocycles. The van der Waals surface area contributed by atoms with Gasteiger partial charge in [0.2, 0.25) is 0 Å². The Hall–Kier alpha value is -1.52. The van der Waals surface area contributed by atoms with E-state index in [4.69, 9.17) is 0 Å². The van der Waals surface area contributed by atoms with Gasteiger partial charge in [0, 0.05) is 12.0 Å². The average molecular weight is 302 g/mol. The van der Waals surface area contributed by atoms with E-state index in [1.165, 1.54) is 6.26 Å². The molecule has 0 aliphatic carbocycles. The Bertz CT molecular complexity index is 829. The van der Waals surface area contributed by atoms with E-state index in [2.05, 4.69) is 30.3 Å². The lowest BCUT2D eigenvalue weighted by atomic mass is 9.98. The summed E-state index contributed by atoms with van der Waals surface area (Å²) in [7, 11) is -2.05. The molecule has 20 heavy (non-hydrogen) atoms. The van der Waals surface area contributed by atoms with Gasteiger partial charge in [0.05, 0.1) is 0 Å². The average Bonchev–Trinajstić information content (AvgIpc) is 2.42. The van der Waals surface area contributed by atoms with Crippen LogP contribution in [0.3, 0.4) is 0 Å². The highest BCUT2D eigenvalue weighted by atomic mass is 33.1. The summed E-state index contributed by atoms with van der Waals surface area (Å²) in [6, 6.07) is 18.4. The molecule has 102 valence electrons. The molecule has 3 rings (SSSR count). The lowest BCUT2D eigenvalue weighted by molar-refractivity contribution is 0.615. The van der Waals surface area contributed by atoms with Crippen molar-refractivity contribution in [3.63, 3.8) is 0 Å². The molecule has 4 heteroatoms. The maximum absolute atomic E-state index is 11.4. The van der Waals surface area contributed by atoms with E-state index in [9.17, 15) is 8.42 Å². The molecule has 0 aromatic heterocycles. The molecule has 0 amide bonds. The quantitative estimate of drug-likeness (QED) is 0.537. The number of rotatable bonds is 3. The van der Waals surface area contributed by atoms with Gasteiger partial charge in [-0.05, 0) is 44.0 Å². The molecule has 0 aliphatic heterocycles. The van der Waals surface area contributed by atoms with Crippen molar-refractivity contribution in [2.75, 3.05) is 6.26 Å². The summed E-state index contributed by atoms with van der Waals surface area (Å²) in [6.07, 6.45) is 1.25. The van der Waals surface area contributed by atoms with Gasteiger partial charge in [-0.1, -0.05) is 48.5 Å². The molecule has 0 heterocycles. The van der Waals surface area contributed by atoms with Crippen molar-refractivity contribution < 1.29 is 8.42 Å². The van der Waals surface area contributed by atoms with E-state index in [0.29, 0.717) is 5.75 Å². The van der Waals surface area contributed by atoms with Gasteiger partial charge in [0.15, 0.2) is 8.87 Å². The van der Waals surface area contributed by atoms with Gasteiger partial charge in [-0.2, -0.15) is 0 Å². The highest BCUT2D eigenvalue weighted by molar-refractivity contribution is 8.71. The molecular weight excluding hydrogens is 288 g/mol. The number of fused-ring (bicyclic) bond motifs is 2. The van der Waals surface area contributed by atoms with Crippen molar-refractivity contribution in [3.8, 4) is 0 Å². The van der Waals surface area contributed by atoms with Crippen LogP contribution < -0.4 is 0 Å². The SMILES string of the molecule is CS(=O)(=O)SCc1c2ccccc2cc2ccccc12. The van der Waals surface area contributed by atoms with Crippen LogP contribution in [0.25, 0.3) is 21.5 Å². The van der Waals surface area contributed by atoms with Crippen molar-refractivity contribution in [1.82, 2.24) is 0 Å². The summed E-state index contributed by atoms with van der Waals surface area (Å²) in [5.41, 5.74) is 1.09. The van der Waals surface area contributed by atoms with Gasteiger partial charge in [-0.25, -0.2) is 8.42 Å². The highest BCUT2D eigenvalue weighted by Crippen LogP contribution is 2.32. The van der Waals surface area contributed by atoms with Crippen molar-refractivity contribution in [3.05, 3.63) is 60.2 Å². The van der Waals surface area contributed by atoms with Gasteiger partial charge in [-0.15, -0.1) is 0 Å². The van der Waals surface area contributed by atoms with E-state index in [0.717, 1.165) is 37.9 Å².